The first-order chi connectivity index (χ1) is 24.7. The highest BCUT2D eigenvalue weighted by atomic mass is 32.3. The van der Waals surface area contributed by atoms with Crippen molar-refractivity contribution in [3.05, 3.63) is 192 Å². The second-order valence-corrected chi connectivity index (χ2v) is 24.5. The van der Waals surface area contributed by atoms with Crippen LogP contribution in [0, 0.1) is 0 Å². The van der Waals surface area contributed by atoms with E-state index in [9.17, 15) is 0 Å². The maximum atomic E-state index is 2.23. The minimum absolute atomic E-state index is 0. The van der Waals surface area contributed by atoms with E-state index in [-0.39, 0.29) is 56.0 Å². The predicted molar refractivity (Wildman–Crippen MR) is 266 cm³/mol. The zero-order valence-corrected chi connectivity index (χ0v) is 36.4. The normalized spacial score (nSPS) is 16.0. The Balaban J connectivity index is 0.000000314. The van der Waals surface area contributed by atoms with Crippen LogP contribution in [0.2, 0.25) is 0 Å². The second kappa shape index (κ2) is 21.3. The molecule has 18 radical (unpaired) electrons. The molecule has 0 saturated heterocycles. The Morgan fingerprint density at radius 2 is 0.393 bits per heavy atom. The molecule has 6 aromatic rings. The molecule has 56 heavy (non-hydrogen) atoms. The molecule has 0 amide bonds. The highest BCUT2D eigenvalue weighted by Gasteiger charge is 2.49. The molecule has 262 valence electrons. The third-order valence-corrected chi connectivity index (χ3v) is 21.5. The molecule has 0 saturated carbocycles. The first-order valence-electron chi connectivity index (χ1n) is 16.1. The summed E-state index contributed by atoms with van der Waals surface area (Å²) in [5.41, 5.74) is 5.17. The summed E-state index contributed by atoms with van der Waals surface area (Å²) >= 11 is 16.0. The molecule has 2 spiro atoms. The quantitative estimate of drug-likeness (QED) is 0.159. The highest BCUT2D eigenvalue weighted by Crippen LogP contribution is 2.78. The van der Waals surface area contributed by atoms with Crippen molar-refractivity contribution in [2.45, 2.75) is 25.1 Å². The van der Waals surface area contributed by atoms with E-state index < -0.39 is 0 Å². The van der Waals surface area contributed by atoms with E-state index in [2.05, 4.69) is 170 Å². The second-order valence-electron chi connectivity index (χ2n) is 11.5. The summed E-state index contributed by atoms with van der Waals surface area (Å²) in [6, 6.07) is 60.8. The minimum atomic E-state index is -0.0906. The summed E-state index contributed by atoms with van der Waals surface area (Å²) in [7, 11) is 0. The molecule has 14 heteroatoms. The Bertz CT molecular complexity index is 1920. The van der Waals surface area contributed by atoms with Crippen molar-refractivity contribution in [1.82, 2.24) is 0 Å². The molecular weight excluding hydrogens is 826 g/mol. The van der Waals surface area contributed by atoms with Gasteiger partial charge in [0.15, 0.2) is 5.49 Å². The molecule has 4 heterocycles. The monoisotopic (exact) mass is 854 g/mol. The Morgan fingerprint density at radius 3 is 0.607 bits per heavy atom. The van der Waals surface area contributed by atoms with Crippen LogP contribution in [0.25, 0.3) is 19.6 Å². The number of thioether (sulfide) groups is 8. The maximum absolute atomic E-state index is 2.23. The molecule has 4 aliphatic heterocycles. The van der Waals surface area contributed by atoms with Gasteiger partial charge in [-0.15, -0.1) is 0 Å². The average Bonchev–Trinajstić information content (AvgIpc) is 3.95. The Labute approximate surface area is 377 Å². The lowest BCUT2D eigenvalue weighted by Crippen LogP contribution is -2.01. The van der Waals surface area contributed by atoms with E-state index in [0.29, 0.717) is 0 Å². The van der Waals surface area contributed by atoms with E-state index in [4.69, 9.17) is 0 Å². The summed E-state index contributed by atoms with van der Waals surface area (Å²) in [4.78, 5) is 11.2. The van der Waals surface area contributed by atoms with Crippen LogP contribution in [0.4, 0.5) is 0 Å². The zero-order valence-electron chi connectivity index (χ0n) is 29.9. The maximum Gasteiger partial charge on any atom is 0.171 e. The molecule has 10 rings (SSSR count). The van der Waals surface area contributed by atoms with Gasteiger partial charge in [0.2, 0.25) is 0 Å². The molecule has 0 atom stereocenters. The van der Waals surface area contributed by atoms with E-state index in [1.165, 1.54) is 61.5 Å². The Hall–Kier alpha value is -2.01. The molecule has 0 aliphatic carbocycles. The number of benzene rings is 6. The standard InChI is InChI=1S/C29H20S4.C13H8S4.6B/c1-5-13-21(14-6-1)25-26(22-15-7-2-8-16-22)31-29(30-25)32-27(23-17-9-3-10-18-23)28(33-29)24-19-11-4-12-20-24;1-2-6-10-9(5-1)14-13(15-10)16-11-7-3-4-8-12(11)17-13;;;;;;/h1-20H;1-8H;;;;;;. The topological polar surface area (TPSA) is 0 Å². The summed E-state index contributed by atoms with van der Waals surface area (Å²) < 4.78 is 0.0834. The number of hydrogen-bond donors (Lipinski definition) is 0. The molecule has 0 nitrogen and oxygen atoms in total. The molecule has 6 aromatic carbocycles. The first kappa shape index (κ1) is 48.4. The summed E-state index contributed by atoms with van der Waals surface area (Å²) in [5.74, 6) is 0. The van der Waals surface area contributed by atoms with Crippen molar-refractivity contribution in [3.8, 4) is 0 Å². The van der Waals surface area contributed by atoms with Gasteiger partial charge in [0.25, 0.3) is 0 Å². The molecule has 0 unspecified atom stereocenters. The van der Waals surface area contributed by atoms with Crippen molar-refractivity contribution in [2.24, 2.45) is 0 Å². The first-order valence-corrected chi connectivity index (χ1v) is 22.6. The molecule has 0 aromatic heterocycles. The smallest absolute Gasteiger partial charge is 0.0842 e. The molecular formula is C42H28B6S8. The Morgan fingerprint density at radius 1 is 0.214 bits per heavy atom. The van der Waals surface area contributed by atoms with Gasteiger partial charge < -0.3 is 0 Å². The van der Waals surface area contributed by atoms with Crippen LogP contribution in [0.15, 0.2) is 189 Å². The van der Waals surface area contributed by atoms with Crippen LogP contribution in [0.3, 0.4) is 0 Å². The van der Waals surface area contributed by atoms with Gasteiger partial charge in [-0.1, -0.05) is 240 Å². The van der Waals surface area contributed by atoms with Crippen molar-refractivity contribution in [1.29, 1.82) is 0 Å². The van der Waals surface area contributed by atoms with Crippen LogP contribution < -0.4 is 0 Å². The number of rotatable bonds is 4. The SMILES string of the molecule is [B].[B].[B].[B].[B].[B].c1ccc(C2=C(c3ccccc3)SC3(S2)SC(c2ccccc2)=C(c2ccccc2)S3)cc1.c1ccc2c(c1)SC1(S2)Sc2ccccc2S1. The van der Waals surface area contributed by atoms with Crippen LogP contribution in [-0.4, -0.2) is 56.0 Å². The minimum Gasteiger partial charge on any atom is -0.0842 e. The van der Waals surface area contributed by atoms with Gasteiger partial charge in [-0.25, -0.2) is 0 Å². The van der Waals surface area contributed by atoms with Crippen molar-refractivity contribution >= 4 is 164 Å². The van der Waals surface area contributed by atoms with E-state index in [1.54, 1.807) is 0 Å². The van der Waals surface area contributed by atoms with Gasteiger partial charge in [0.05, 0.1) is 0 Å². The van der Waals surface area contributed by atoms with E-state index in [0.717, 1.165) is 0 Å². The highest BCUT2D eigenvalue weighted by molar-refractivity contribution is 8.58. The average molecular weight is 854 g/mol. The van der Waals surface area contributed by atoms with Gasteiger partial charge in [-0.05, 0) is 46.5 Å². The van der Waals surface area contributed by atoms with Crippen LogP contribution in [-0.2, 0) is 0 Å². The third-order valence-electron chi connectivity index (χ3n) is 8.10. The van der Waals surface area contributed by atoms with Crippen molar-refractivity contribution in [2.75, 3.05) is 0 Å². The number of hydrogen-bond acceptors (Lipinski definition) is 8. The van der Waals surface area contributed by atoms with Crippen LogP contribution >= 0.6 is 94.1 Å². The Kier molecular flexibility index (Phi) is 18.4. The van der Waals surface area contributed by atoms with Crippen molar-refractivity contribution in [3.63, 3.8) is 0 Å². The van der Waals surface area contributed by atoms with E-state index in [1.807, 2.05) is 94.1 Å². The molecule has 0 N–H and O–H groups in total. The fourth-order valence-corrected chi connectivity index (χ4v) is 20.3. The van der Waals surface area contributed by atoms with Crippen molar-refractivity contribution < 1.29 is 0 Å². The zero-order chi connectivity index (χ0) is 33.4. The van der Waals surface area contributed by atoms with Crippen LogP contribution in [0.1, 0.15) is 22.3 Å². The lowest BCUT2D eigenvalue weighted by molar-refractivity contribution is 1.27. The predicted octanol–water partition coefficient (Wildman–Crippen LogP) is 12.7. The summed E-state index contributed by atoms with van der Waals surface area (Å²) in [6.07, 6.45) is 0. The molecule has 0 bridgehead atoms. The van der Waals surface area contributed by atoms with Gasteiger partial charge in [0.1, 0.15) is 0 Å². The lowest BCUT2D eigenvalue weighted by Gasteiger charge is -2.21. The van der Waals surface area contributed by atoms with Crippen LogP contribution in [0.5, 0.6) is 0 Å². The third kappa shape index (κ3) is 10.0. The largest absolute Gasteiger partial charge is 0.171 e. The fraction of sp³-hybridized carbons (Fsp3) is 0.0476. The summed E-state index contributed by atoms with van der Waals surface area (Å²) in [6.45, 7) is 0. The molecule has 0 fully saturated rings. The lowest BCUT2D eigenvalue weighted by atomic mass is 10.1. The summed E-state index contributed by atoms with van der Waals surface area (Å²) in [5, 5.41) is 0. The van der Waals surface area contributed by atoms with Gasteiger partial charge in [-0.2, -0.15) is 0 Å². The van der Waals surface area contributed by atoms with E-state index >= 15 is 0 Å². The molecule has 4 aliphatic rings. The van der Waals surface area contributed by atoms with Gasteiger partial charge >= 0.3 is 0 Å². The fourth-order valence-electron chi connectivity index (χ4n) is 5.83. The van der Waals surface area contributed by atoms with Gasteiger partial charge in [0, 0.05) is 89.7 Å². The van der Waals surface area contributed by atoms with Gasteiger partial charge in [-0.3, -0.25) is 0 Å². The number of fused-ring (bicyclic) bond motifs is 2.